The quantitative estimate of drug-likeness (QED) is 0.213. The predicted octanol–water partition coefficient (Wildman–Crippen LogP) is 11.7. The molecule has 202 valence electrons. The highest BCUT2D eigenvalue weighted by atomic mass is 14.3. The fourth-order valence-corrected chi connectivity index (χ4v) is 7.17. The zero-order valence-electron chi connectivity index (χ0n) is 23.9. The first-order valence-corrected chi connectivity index (χ1v) is 15.0. The molecule has 1 aliphatic rings. The molecule has 0 atom stereocenters. The highest BCUT2D eigenvalue weighted by Gasteiger charge is 2.30. The maximum Gasteiger partial charge on any atom is 0.0991 e. The van der Waals surface area contributed by atoms with E-state index in [1.807, 2.05) is 12.1 Å². The van der Waals surface area contributed by atoms with Crippen LogP contribution >= 0.6 is 0 Å². The zero-order chi connectivity index (χ0) is 29.2. The molecule has 1 heteroatoms. The van der Waals surface area contributed by atoms with Gasteiger partial charge in [0.2, 0.25) is 0 Å². The second kappa shape index (κ2) is 9.53. The van der Waals surface area contributed by atoms with Gasteiger partial charge in [-0.2, -0.15) is 5.26 Å². The largest absolute Gasteiger partial charge is 0.192 e. The van der Waals surface area contributed by atoms with E-state index in [9.17, 15) is 5.26 Å². The minimum atomic E-state index is 0.661. The third kappa shape index (κ3) is 3.65. The molecule has 0 aromatic heterocycles. The topological polar surface area (TPSA) is 23.8 Å². The summed E-state index contributed by atoms with van der Waals surface area (Å²) in [5.74, 6) is 0. The Balaban J connectivity index is 1.45. The van der Waals surface area contributed by atoms with Crippen molar-refractivity contribution in [2.24, 2.45) is 0 Å². The van der Waals surface area contributed by atoms with Crippen LogP contribution < -0.4 is 0 Å². The van der Waals surface area contributed by atoms with Gasteiger partial charge >= 0.3 is 0 Å². The van der Waals surface area contributed by atoms with E-state index in [0.29, 0.717) is 5.56 Å². The molecule has 0 fully saturated rings. The fraction of sp³-hybridized carbons (Fsp3) is 0. The van der Waals surface area contributed by atoms with Crippen LogP contribution in [0.5, 0.6) is 0 Å². The smallest absolute Gasteiger partial charge is 0.0991 e. The van der Waals surface area contributed by atoms with Gasteiger partial charge in [0, 0.05) is 0 Å². The molecule has 0 N–H and O–H groups in total. The first kappa shape index (κ1) is 24.6. The van der Waals surface area contributed by atoms with Crippen molar-refractivity contribution >= 4 is 32.3 Å². The van der Waals surface area contributed by atoms with Crippen molar-refractivity contribution in [3.05, 3.63) is 157 Å². The van der Waals surface area contributed by atoms with Gasteiger partial charge in [-0.15, -0.1) is 0 Å². The summed E-state index contributed by atoms with van der Waals surface area (Å²) >= 11 is 0. The summed E-state index contributed by atoms with van der Waals surface area (Å²) in [7, 11) is 0. The van der Waals surface area contributed by atoms with E-state index in [0.717, 1.165) is 11.1 Å². The maximum atomic E-state index is 9.57. The van der Waals surface area contributed by atoms with Crippen LogP contribution in [0.25, 0.3) is 88.0 Å². The van der Waals surface area contributed by atoms with Gasteiger partial charge in [-0.1, -0.05) is 121 Å². The zero-order valence-corrected chi connectivity index (χ0v) is 23.9. The number of rotatable bonds is 3. The summed E-state index contributed by atoms with van der Waals surface area (Å²) < 4.78 is 0. The number of fused-ring (bicyclic) bond motifs is 5. The lowest BCUT2D eigenvalue weighted by molar-refractivity contribution is 1.48. The molecular formula is C43H25N. The molecule has 0 aliphatic heterocycles. The molecule has 1 aliphatic carbocycles. The standard InChI is InChI=1S/C43H25N/c44-26-27-15-17-30(18-16-27)38-25-39(34-21-19-28-7-1-3-9-32(28)23-34)42-36-13-5-11-31-12-6-14-37(40(31)36)43(42)41(38)35-22-20-29-8-2-4-10-33(29)24-35/h1-25H. The summed E-state index contributed by atoms with van der Waals surface area (Å²) in [6, 6.07) is 56.9. The fourth-order valence-electron chi connectivity index (χ4n) is 7.17. The molecule has 0 spiro atoms. The van der Waals surface area contributed by atoms with Gasteiger partial charge in [-0.3, -0.25) is 0 Å². The molecule has 44 heavy (non-hydrogen) atoms. The number of benzene rings is 8. The Hall–Kier alpha value is -5.97. The molecule has 0 bridgehead atoms. The van der Waals surface area contributed by atoms with Crippen molar-refractivity contribution in [1.29, 1.82) is 5.26 Å². The lowest BCUT2D eigenvalue weighted by atomic mass is 9.81. The number of hydrogen-bond donors (Lipinski definition) is 0. The highest BCUT2D eigenvalue weighted by Crippen LogP contribution is 2.57. The van der Waals surface area contributed by atoms with E-state index in [4.69, 9.17) is 0 Å². The van der Waals surface area contributed by atoms with Crippen molar-refractivity contribution in [2.75, 3.05) is 0 Å². The first-order valence-electron chi connectivity index (χ1n) is 15.0. The summed E-state index contributed by atoms with van der Waals surface area (Å²) in [6.07, 6.45) is 0. The van der Waals surface area contributed by atoms with E-state index >= 15 is 0 Å². The second-order valence-corrected chi connectivity index (χ2v) is 11.6. The average molecular weight is 556 g/mol. The molecule has 0 heterocycles. The molecule has 0 amide bonds. The Morgan fingerprint density at radius 2 is 0.864 bits per heavy atom. The number of nitriles is 1. The van der Waals surface area contributed by atoms with Gasteiger partial charge < -0.3 is 0 Å². The van der Waals surface area contributed by atoms with E-state index in [-0.39, 0.29) is 0 Å². The SMILES string of the molecule is N#Cc1ccc(-c2cc(-c3ccc4ccccc4c3)c3c(c2-c2ccc4ccccc4c2)-c2cccc4cccc-3c24)cc1. The Morgan fingerprint density at radius 3 is 1.52 bits per heavy atom. The maximum absolute atomic E-state index is 9.57. The molecule has 9 rings (SSSR count). The van der Waals surface area contributed by atoms with Crippen molar-refractivity contribution in [3.63, 3.8) is 0 Å². The second-order valence-electron chi connectivity index (χ2n) is 11.6. The average Bonchev–Trinajstić information content (AvgIpc) is 3.43. The van der Waals surface area contributed by atoms with E-state index in [1.54, 1.807) is 0 Å². The van der Waals surface area contributed by atoms with Crippen LogP contribution in [-0.4, -0.2) is 0 Å². The van der Waals surface area contributed by atoms with Crippen molar-refractivity contribution in [1.82, 2.24) is 0 Å². The Morgan fingerprint density at radius 1 is 0.341 bits per heavy atom. The Kier molecular flexibility index (Phi) is 5.33. The normalized spacial score (nSPS) is 11.6. The van der Waals surface area contributed by atoms with Crippen molar-refractivity contribution < 1.29 is 0 Å². The molecule has 0 saturated carbocycles. The van der Waals surface area contributed by atoms with Gasteiger partial charge in [0.15, 0.2) is 0 Å². The third-order valence-corrected chi connectivity index (χ3v) is 9.19. The van der Waals surface area contributed by atoms with Crippen LogP contribution in [-0.2, 0) is 0 Å². The van der Waals surface area contributed by atoms with Gasteiger partial charge in [-0.05, 0) is 118 Å². The summed E-state index contributed by atoms with van der Waals surface area (Å²) in [6.45, 7) is 0. The van der Waals surface area contributed by atoms with Crippen LogP contribution in [0.3, 0.4) is 0 Å². The lowest BCUT2D eigenvalue weighted by Crippen LogP contribution is -1.95. The molecule has 1 nitrogen and oxygen atoms in total. The molecule has 0 radical (unpaired) electrons. The molecule has 0 saturated heterocycles. The van der Waals surface area contributed by atoms with Crippen LogP contribution in [0.4, 0.5) is 0 Å². The van der Waals surface area contributed by atoms with Gasteiger partial charge in [0.25, 0.3) is 0 Å². The Bertz CT molecular complexity index is 2490. The predicted molar refractivity (Wildman–Crippen MR) is 184 cm³/mol. The minimum Gasteiger partial charge on any atom is -0.192 e. The molecule has 8 aromatic rings. The van der Waals surface area contributed by atoms with E-state index in [1.165, 1.54) is 76.8 Å². The van der Waals surface area contributed by atoms with Crippen LogP contribution in [0.15, 0.2) is 152 Å². The molecule has 8 aromatic carbocycles. The summed E-state index contributed by atoms with van der Waals surface area (Å²) in [5, 5.41) is 17.0. The van der Waals surface area contributed by atoms with E-state index < -0.39 is 0 Å². The minimum absolute atomic E-state index is 0.661. The van der Waals surface area contributed by atoms with Crippen molar-refractivity contribution in [2.45, 2.75) is 0 Å². The van der Waals surface area contributed by atoms with Crippen LogP contribution in [0.2, 0.25) is 0 Å². The first-order chi connectivity index (χ1) is 21.8. The monoisotopic (exact) mass is 555 g/mol. The summed E-state index contributed by atoms with van der Waals surface area (Å²) in [4.78, 5) is 0. The lowest BCUT2D eigenvalue weighted by Gasteiger charge is -2.21. The third-order valence-electron chi connectivity index (χ3n) is 9.19. The van der Waals surface area contributed by atoms with Gasteiger partial charge in [0.05, 0.1) is 11.6 Å². The Labute approximate surface area is 255 Å². The van der Waals surface area contributed by atoms with Gasteiger partial charge in [-0.25, -0.2) is 0 Å². The summed E-state index contributed by atoms with van der Waals surface area (Å²) in [5.41, 5.74) is 12.9. The molecule has 0 unspecified atom stereocenters. The highest BCUT2D eigenvalue weighted by molar-refractivity contribution is 6.23. The van der Waals surface area contributed by atoms with Gasteiger partial charge in [0.1, 0.15) is 0 Å². The van der Waals surface area contributed by atoms with Crippen molar-refractivity contribution in [3.8, 4) is 61.7 Å². The van der Waals surface area contributed by atoms with Crippen LogP contribution in [0.1, 0.15) is 5.56 Å². The number of nitrogens with zero attached hydrogens (tertiary/aromatic N) is 1. The van der Waals surface area contributed by atoms with Crippen LogP contribution in [0, 0.1) is 11.3 Å². The molecular weight excluding hydrogens is 530 g/mol. The number of hydrogen-bond acceptors (Lipinski definition) is 1. The van der Waals surface area contributed by atoms with E-state index in [2.05, 4.69) is 146 Å².